The fraction of sp³-hybridized carbons (Fsp3) is 0.512. The number of allylic oxidation sites excluding steroid dienone is 9. The van der Waals surface area contributed by atoms with E-state index in [1.54, 1.807) is 12.1 Å². The maximum atomic E-state index is 15.5. The molecule has 252 valence electrons. The van der Waals surface area contributed by atoms with Crippen molar-refractivity contribution in [1.82, 2.24) is 0 Å². The van der Waals surface area contributed by atoms with E-state index in [0.717, 1.165) is 29.5 Å². The first-order valence-corrected chi connectivity index (χ1v) is 17.3. The van der Waals surface area contributed by atoms with Crippen LogP contribution in [-0.2, 0) is 14.3 Å². The molecule has 4 heteroatoms. The van der Waals surface area contributed by atoms with Gasteiger partial charge in [-0.1, -0.05) is 85.7 Å². The fourth-order valence-electron chi connectivity index (χ4n) is 8.28. The number of ether oxygens (including phenoxy) is 1. The molecule has 2 bridgehead atoms. The minimum Gasteiger partial charge on any atom is -0.490 e. The lowest BCUT2D eigenvalue weighted by Crippen LogP contribution is -2.69. The summed E-state index contributed by atoms with van der Waals surface area (Å²) in [6.45, 7) is 26.5. The van der Waals surface area contributed by atoms with Crippen LogP contribution in [0.4, 0.5) is 0 Å². The van der Waals surface area contributed by atoms with Gasteiger partial charge in [-0.2, -0.15) is 0 Å². The number of hydrogen-bond donors (Lipinski definition) is 0. The van der Waals surface area contributed by atoms with Crippen molar-refractivity contribution >= 4 is 29.5 Å². The van der Waals surface area contributed by atoms with Gasteiger partial charge in [0.1, 0.15) is 22.3 Å². The van der Waals surface area contributed by atoms with E-state index >= 15 is 9.59 Å². The van der Waals surface area contributed by atoms with Gasteiger partial charge in [-0.3, -0.25) is 14.4 Å². The van der Waals surface area contributed by atoms with E-state index < -0.39 is 27.6 Å². The molecule has 1 spiro atoms. The average molecular weight is 637 g/mol. The number of fused-ring (bicyclic) bond motifs is 1. The van der Waals surface area contributed by atoms with Gasteiger partial charge in [0, 0.05) is 11.5 Å². The van der Waals surface area contributed by atoms with E-state index in [4.69, 9.17) is 4.74 Å². The Kier molecular flexibility index (Phi) is 10.2. The zero-order valence-corrected chi connectivity index (χ0v) is 30.7. The van der Waals surface area contributed by atoms with Gasteiger partial charge < -0.3 is 4.74 Å². The Morgan fingerprint density at radius 2 is 1.45 bits per heavy atom. The lowest BCUT2D eigenvalue weighted by Gasteiger charge is -2.64. The first kappa shape index (κ1) is 36.3. The highest BCUT2D eigenvalue weighted by atomic mass is 16.5. The first-order chi connectivity index (χ1) is 21.9. The molecule has 0 unspecified atom stereocenters. The van der Waals surface area contributed by atoms with Gasteiger partial charge >= 0.3 is 0 Å². The SMILES string of the molecule is C=Cc1cc(C(=O)C2=C3OC(C)(C)[C@@H](CC=C(C)C)C[C@@]34C[C@@H](CC=C(C)C)C(C)(C)[C@@](CC=C(C)C)(C2=O)C4=O)ccc1/C=C\C. The highest BCUT2D eigenvalue weighted by Gasteiger charge is 2.74. The Balaban J connectivity index is 2.10. The number of hydrogen-bond acceptors (Lipinski definition) is 4. The van der Waals surface area contributed by atoms with E-state index in [2.05, 4.69) is 60.3 Å². The van der Waals surface area contributed by atoms with Crippen LogP contribution in [0, 0.1) is 28.1 Å². The fourth-order valence-corrected chi connectivity index (χ4v) is 8.28. The summed E-state index contributed by atoms with van der Waals surface area (Å²) >= 11 is 0. The smallest absolute Gasteiger partial charge is 0.200 e. The molecule has 2 aliphatic carbocycles. The van der Waals surface area contributed by atoms with Crippen LogP contribution >= 0.6 is 0 Å². The maximum Gasteiger partial charge on any atom is 0.200 e. The molecule has 47 heavy (non-hydrogen) atoms. The summed E-state index contributed by atoms with van der Waals surface area (Å²) < 4.78 is 6.95. The Hall–Kier alpha value is -3.53. The second kappa shape index (κ2) is 13.2. The molecule has 3 aliphatic rings. The van der Waals surface area contributed by atoms with E-state index in [-0.39, 0.29) is 35.4 Å². The molecule has 1 heterocycles. The zero-order valence-electron chi connectivity index (χ0n) is 30.7. The van der Waals surface area contributed by atoms with Gasteiger partial charge in [-0.25, -0.2) is 0 Å². The van der Waals surface area contributed by atoms with Crippen LogP contribution in [0.15, 0.2) is 77.1 Å². The third kappa shape index (κ3) is 6.14. The van der Waals surface area contributed by atoms with Crippen LogP contribution in [0.1, 0.15) is 130 Å². The topological polar surface area (TPSA) is 60.4 Å². The molecular formula is C43H56O4. The van der Waals surface area contributed by atoms with Crippen molar-refractivity contribution in [2.75, 3.05) is 0 Å². The minimum atomic E-state index is -1.41. The lowest BCUT2D eigenvalue weighted by atomic mass is 9.39. The normalized spacial score (nSPS) is 27.5. The molecule has 4 atom stereocenters. The van der Waals surface area contributed by atoms with E-state index in [0.29, 0.717) is 24.2 Å². The molecule has 4 rings (SSSR count). The number of benzene rings is 1. The van der Waals surface area contributed by atoms with Gasteiger partial charge in [-0.15, -0.1) is 0 Å². The Labute approximate surface area is 283 Å². The van der Waals surface area contributed by atoms with Gasteiger partial charge in [0.15, 0.2) is 17.3 Å². The summed E-state index contributed by atoms with van der Waals surface area (Å²) in [5.41, 5.74) is 1.77. The third-order valence-electron chi connectivity index (χ3n) is 11.3. The van der Waals surface area contributed by atoms with E-state index in [1.807, 2.05) is 65.0 Å². The van der Waals surface area contributed by atoms with Gasteiger partial charge in [0.25, 0.3) is 0 Å². The average Bonchev–Trinajstić information content (AvgIpc) is 2.98. The van der Waals surface area contributed by atoms with Crippen molar-refractivity contribution in [2.45, 2.75) is 114 Å². The lowest BCUT2D eigenvalue weighted by molar-refractivity contribution is -0.188. The molecule has 1 aromatic rings. The molecule has 0 aromatic heterocycles. The molecule has 1 saturated heterocycles. The highest BCUT2D eigenvalue weighted by molar-refractivity contribution is 6.35. The number of Topliss-reactive ketones (excluding diaryl/α,β-unsaturated/α-hetero) is 3. The Bertz CT molecular complexity index is 1620. The minimum absolute atomic E-state index is 0.0219. The van der Waals surface area contributed by atoms with Crippen LogP contribution in [0.25, 0.3) is 12.2 Å². The van der Waals surface area contributed by atoms with Crippen LogP contribution < -0.4 is 0 Å². The van der Waals surface area contributed by atoms with Crippen molar-refractivity contribution in [3.63, 3.8) is 0 Å². The largest absolute Gasteiger partial charge is 0.490 e. The number of carbonyl (C=O) groups is 3. The first-order valence-electron chi connectivity index (χ1n) is 17.3. The second-order valence-corrected chi connectivity index (χ2v) is 16.0. The number of carbonyl (C=O) groups excluding carboxylic acids is 3. The summed E-state index contributed by atoms with van der Waals surface area (Å²) in [5.74, 6) is -0.481. The quantitative estimate of drug-likeness (QED) is 0.111. The third-order valence-corrected chi connectivity index (χ3v) is 11.3. The van der Waals surface area contributed by atoms with Crippen molar-refractivity contribution in [1.29, 1.82) is 0 Å². The van der Waals surface area contributed by atoms with Crippen molar-refractivity contribution < 1.29 is 19.1 Å². The summed E-state index contributed by atoms with van der Waals surface area (Å²) in [6.07, 6.45) is 15.0. The zero-order chi connectivity index (χ0) is 35.1. The monoisotopic (exact) mass is 636 g/mol. The second-order valence-electron chi connectivity index (χ2n) is 16.0. The maximum absolute atomic E-state index is 15.5. The summed E-state index contributed by atoms with van der Waals surface area (Å²) in [5, 5.41) is 0. The standard InChI is InChI=1S/C43H56O4/c1-13-15-31-18-19-32(24-30(31)14-2)36(44)35-37(45)43(23-22-29(7)8)39(46)42(25-33(40(43,9)10)20-16-27(3)4)26-34(21-17-28(5)6)41(11,12)47-38(35)42/h13-19,22,24,33-34H,2,20-21,23,25-26H2,1,3-12H3/b15-13-/t33-,34+,42+,43+/m1/s1. The molecular weight excluding hydrogens is 580 g/mol. The summed E-state index contributed by atoms with van der Waals surface area (Å²) in [4.78, 5) is 45.8. The van der Waals surface area contributed by atoms with Gasteiger partial charge in [0.2, 0.25) is 0 Å². The van der Waals surface area contributed by atoms with Crippen LogP contribution in [0.3, 0.4) is 0 Å². The van der Waals surface area contributed by atoms with Crippen molar-refractivity contribution in [2.24, 2.45) is 28.1 Å². The molecule has 1 aromatic carbocycles. The highest BCUT2D eigenvalue weighted by Crippen LogP contribution is 2.69. The molecule has 0 radical (unpaired) electrons. The Morgan fingerprint density at radius 3 is 2.00 bits per heavy atom. The summed E-state index contributed by atoms with van der Waals surface area (Å²) in [6, 6.07) is 5.48. The predicted octanol–water partition coefficient (Wildman–Crippen LogP) is 10.9. The number of ketones is 3. The van der Waals surface area contributed by atoms with Crippen molar-refractivity contribution in [3.05, 3.63) is 93.8 Å². The van der Waals surface area contributed by atoms with Crippen molar-refractivity contribution in [3.8, 4) is 0 Å². The van der Waals surface area contributed by atoms with Crippen LogP contribution in [0.5, 0.6) is 0 Å². The predicted molar refractivity (Wildman–Crippen MR) is 195 cm³/mol. The molecule has 1 saturated carbocycles. The van der Waals surface area contributed by atoms with Gasteiger partial charge in [0.05, 0.1) is 5.41 Å². The Morgan fingerprint density at radius 1 is 0.872 bits per heavy atom. The molecule has 4 nitrogen and oxygen atoms in total. The molecule has 1 aliphatic heterocycles. The van der Waals surface area contributed by atoms with E-state index in [9.17, 15) is 4.79 Å². The van der Waals surface area contributed by atoms with Gasteiger partial charge in [-0.05, 0) is 123 Å². The molecule has 2 fully saturated rings. The summed E-state index contributed by atoms with van der Waals surface area (Å²) in [7, 11) is 0. The molecule has 0 amide bonds. The van der Waals surface area contributed by atoms with E-state index in [1.165, 1.54) is 11.1 Å². The van der Waals surface area contributed by atoms with Crippen LogP contribution in [-0.4, -0.2) is 23.0 Å². The van der Waals surface area contributed by atoms with Crippen LogP contribution in [0.2, 0.25) is 0 Å². The number of rotatable bonds is 10. The molecule has 0 N–H and O–H groups in total.